The number of benzene rings is 1. The fourth-order valence-electron chi connectivity index (χ4n) is 3.71. The van der Waals surface area contributed by atoms with E-state index in [-0.39, 0.29) is 16.8 Å². The number of aromatic nitrogens is 2. The second kappa shape index (κ2) is 8.63. The number of esters is 1. The van der Waals surface area contributed by atoms with E-state index in [1.54, 1.807) is 6.92 Å². The number of thiophene rings is 1. The van der Waals surface area contributed by atoms with Crippen LogP contribution in [-0.4, -0.2) is 22.0 Å². The number of nitrogens with zero attached hydrogens (tertiary/aromatic N) is 2. The molecule has 1 N–H and O–H groups in total. The Labute approximate surface area is 185 Å². The van der Waals surface area contributed by atoms with Crippen LogP contribution in [0, 0.1) is 6.92 Å². The fraction of sp³-hybridized carbons (Fsp3) is 0.381. The van der Waals surface area contributed by atoms with Crippen molar-refractivity contribution in [3.63, 3.8) is 0 Å². The number of aryl methyl sites for hydroxylation is 1. The molecule has 2 heterocycles. The second-order valence-electron chi connectivity index (χ2n) is 7.44. The highest BCUT2D eigenvalue weighted by Gasteiger charge is 2.33. The summed E-state index contributed by atoms with van der Waals surface area (Å²) in [7, 11) is 0. The molecule has 1 saturated carbocycles. The maximum atomic E-state index is 13.2. The van der Waals surface area contributed by atoms with Crippen LogP contribution < -0.4 is 5.32 Å². The molecule has 0 atom stereocenters. The molecule has 0 unspecified atom stereocenters. The minimum atomic E-state index is -4.58. The zero-order valence-corrected chi connectivity index (χ0v) is 18.1. The predicted molar refractivity (Wildman–Crippen MR) is 114 cm³/mol. The number of hydrogen-bond acceptors (Lipinski definition) is 6. The van der Waals surface area contributed by atoms with Gasteiger partial charge >= 0.3 is 12.1 Å². The summed E-state index contributed by atoms with van der Waals surface area (Å²) in [4.78, 5) is 22.1. The highest BCUT2D eigenvalue weighted by atomic mass is 35.5. The zero-order valence-electron chi connectivity index (χ0n) is 16.6. The van der Waals surface area contributed by atoms with Gasteiger partial charge in [-0.05, 0) is 56.4 Å². The molecule has 2 aromatic heterocycles. The molecule has 4 rings (SSSR count). The lowest BCUT2D eigenvalue weighted by atomic mass is 9.98. The molecule has 0 radical (unpaired) electrons. The van der Waals surface area contributed by atoms with Crippen LogP contribution >= 0.6 is 22.9 Å². The van der Waals surface area contributed by atoms with Crippen molar-refractivity contribution in [1.29, 1.82) is 0 Å². The number of halogens is 4. The Bertz CT molecular complexity index is 1130. The summed E-state index contributed by atoms with van der Waals surface area (Å²) < 4.78 is 45.2. The van der Waals surface area contributed by atoms with Crippen molar-refractivity contribution >= 4 is 50.6 Å². The number of rotatable bonds is 4. The molecule has 0 amide bonds. The second-order valence-corrected chi connectivity index (χ2v) is 8.85. The number of alkyl halides is 3. The minimum absolute atomic E-state index is 0.0793. The Kier molecular flexibility index (Phi) is 6.07. The standard InChI is InChI=1S/C21H19ClF3N3O2S/c1-11-16-18(28-12-7-8-15(22)14(9-12)21(23,24)25)26-10-27-19(16)31-17(11)20(29)30-13-5-3-2-4-6-13/h7-10,13H,2-6H2,1H3,(H,26,27,28). The monoisotopic (exact) mass is 469 g/mol. The average Bonchev–Trinajstić information content (AvgIpc) is 3.07. The predicted octanol–water partition coefficient (Wildman–Crippen LogP) is 6.91. The molecule has 3 aromatic rings. The molecule has 1 aliphatic rings. The Hall–Kier alpha value is -2.39. The highest BCUT2D eigenvalue weighted by Crippen LogP contribution is 2.39. The summed E-state index contributed by atoms with van der Waals surface area (Å²) in [6.45, 7) is 1.76. The van der Waals surface area contributed by atoms with E-state index in [1.165, 1.54) is 29.8 Å². The van der Waals surface area contributed by atoms with Crippen molar-refractivity contribution in [3.05, 3.63) is 45.6 Å². The molecular formula is C21H19ClF3N3O2S. The van der Waals surface area contributed by atoms with Gasteiger partial charge in [0.1, 0.15) is 28.0 Å². The summed E-state index contributed by atoms with van der Waals surface area (Å²) in [6.07, 6.45) is 1.61. The van der Waals surface area contributed by atoms with E-state index < -0.39 is 17.7 Å². The van der Waals surface area contributed by atoms with Gasteiger partial charge < -0.3 is 10.1 Å². The normalized spacial score (nSPS) is 15.3. The van der Waals surface area contributed by atoms with E-state index in [0.717, 1.165) is 38.2 Å². The molecule has 5 nitrogen and oxygen atoms in total. The summed E-state index contributed by atoms with van der Waals surface area (Å²) in [6, 6.07) is 3.54. The number of fused-ring (bicyclic) bond motifs is 1. The van der Waals surface area contributed by atoms with Crippen molar-refractivity contribution in [3.8, 4) is 0 Å². The summed E-state index contributed by atoms with van der Waals surface area (Å²) in [5.41, 5.74) is -0.133. The van der Waals surface area contributed by atoms with Crippen molar-refractivity contribution in [2.45, 2.75) is 51.3 Å². The molecular weight excluding hydrogens is 451 g/mol. The number of nitrogens with one attached hydrogen (secondary N) is 1. The van der Waals surface area contributed by atoms with Gasteiger partial charge in [0.2, 0.25) is 0 Å². The number of carbonyl (C=O) groups is 1. The largest absolute Gasteiger partial charge is 0.458 e. The smallest absolute Gasteiger partial charge is 0.417 e. The van der Waals surface area contributed by atoms with Crippen LogP contribution in [-0.2, 0) is 10.9 Å². The van der Waals surface area contributed by atoms with Crippen LogP contribution in [0.4, 0.5) is 24.7 Å². The van der Waals surface area contributed by atoms with E-state index >= 15 is 0 Å². The summed E-state index contributed by atoms with van der Waals surface area (Å²) in [5, 5.41) is 3.10. The highest BCUT2D eigenvalue weighted by molar-refractivity contribution is 7.20. The van der Waals surface area contributed by atoms with Gasteiger partial charge in [0.15, 0.2) is 0 Å². The topological polar surface area (TPSA) is 64.1 Å². The van der Waals surface area contributed by atoms with E-state index in [2.05, 4.69) is 15.3 Å². The SMILES string of the molecule is Cc1c(C(=O)OC2CCCCC2)sc2ncnc(Nc3ccc(Cl)c(C(F)(F)F)c3)c12. The lowest BCUT2D eigenvalue weighted by Crippen LogP contribution is -2.20. The van der Waals surface area contributed by atoms with Gasteiger partial charge in [0.25, 0.3) is 0 Å². The molecule has 10 heteroatoms. The van der Waals surface area contributed by atoms with E-state index in [0.29, 0.717) is 26.5 Å². The maximum absolute atomic E-state index is 13.2. The lowest BCUT2D eigenvalue weighted by Gasteiger charge is -2.21. The third kappa shape index (κ3) is 4.62. The van der Waals surface area contributed by atoms with Gasteiger partial charge in [0.05, 0.1) is 16.0 Å². The molecule has 164 valence electrons. The first kappa shape index (κ1) is 21.8. The number of anilines is 2. The molecule has 0 bridgehead atoms. The van der Waals surface area contributed by atoms with Crippen molar-refractivity contribution < 1.29 is 22.7 Å². The van der Waals surface area contributed by atoms with Gasteiger partial charge in [-0.2, -0.15) is 13.2 Å². The summed E-state index contributed by atoms with van der Waals surface area (Å²) >= 11 is 6.89. The number of hydrogen-bond donors (Lipinski definition) is 1. The van der Waals surface area contributed by atoms with Gasteiger partial charge in [0, 0.05) is 5.69 Å². The van der Waals surface area contributed by atoms with Crippen LogP contribution in [0.2, 0.25) is 5.02 Å². The minimum Gasteiger partial charge on any atom is -0.458 e. The first-order valence-electron chi connectivity index (χ1n) is 9.83. The van der Waals surface area contributed by atoms with Gasteiger partial charge in [-0.25, -0.2) is 14.8 Å². The third-order valence-electron chi connectivity index (χ3n) is 5.27. The molecule has 1 fully saturated rings. The van der Waals surface area contributed by atoms with Crippen LogP contribution in [0.1, 0.15) is 52.9 Å². The molecule has 1 aromatic carbocycles. The Morgan fingerprint density at radius 3 is 2.68 bits per heavy atom. The molecule has 0 spiro atoms. The third-order valence-corrected chi connectivity index (χ3v) is 6.78. The van der Waals surface area contributed by atoms with Gasteiger partial charge in [-0.1, -0.05) is 18.0 Å². The molecule has 31 heavy (non-hydrogen) atoms. The number of carbonyl (C=O) groups excluding carboxylic acids is 1. The average molecular weight is 470 g/mol. The van der Waals surface area contributed by atoms with Crippen LogP contribution in [0.25, 0.3) is 10.2 Å². The fourth-order valence-corrected chi connectivity index (χ4v) is 4.96. The van der Waals surface area contributed by atoms with Gasteiger partial charge in [-0.15, -0.1) is 11.3 Å². The van der Waals surface area contributed by atoms with E-state index in [4.69, 9.17) is 16.3 Å². The van der Waals surface area contributed by atoms with Crippen molar-refractivity contribution in [1.82, 2.24) is 9.97 Å². The quantitative estimate of drug-likeness (QED) is 0.421. The molecule has 0 aliphatic heterocycles. The van der Waals surface area contributed by atoms with Crippen LogP contribution in [0.15, 0.2) is 24.5 Å². The van der Waals surface area contributed by atoms with Crippen molar-refractivity contribution in [2.75, 3.05) is 5.32 Å². The van der Waals surface area contributed by atoms with Crippen molar-refractivity contribution in [2.24, 2.45) is 0 Å². The first-order chi connectivity index (χ1) is 14.7. The Morgan fingerprint density at radius 1 is 1.23 bits per heavy atom. The zero-order chi connectivity index (χ0) is 22.2. The van der Waals surface area contributed by atoms with Crippen LogP contribution in [0.5, 0.6) is 0 Å². The number of ether oxygens (including phenoxy) is 1. The first-order valence-corrected chi connectivity index (χ1v) is 11.0. The molecule has 1 aliphatic carbocycles. The van der Waals surface area contributed by atoms with Gasteiger partial charge in [-0.3, -0.25) is 0 Å². The molecule has 0 saturated heterocycles. The van der Waals surface area contributed by atoms with Crippen LogP contribution in [0.3, 0.4) is 0 Å². The Morgan fingerprint density at radius 2 is 1.97 bits per heavy atom. The maximum Gasteiger partial charge on any atom is 0.417 e. The van der Waals surface area contributed by atoms with E-state index in [9.17, 15) is 18.0 Å². The Balaban J connectivity index is 1.65. The van der Waals surface area contributed by atoms with E-state index in [1.807, 2.05) is 0 Å². The lowest BCUT2D eigenvalue weighted by molar-refractivity contribution is -0.137. The summed E-state index contributed by atoms with van der Waals surface area (Å²) in [5.74, 6) is -0.0879.